The molecule has 6 rings (SSSR count). The number of benzene rings is 1. The second kappa shape index (κ2) is 9.55. The molecule has 4 aromatic heterocycles. The Balaban J connectivity index is 1.44. The number of fused-ring (bicyclic) bond motifs is 1. The Morgan fingerprint density at radius 3 is 2.63 bits per heavy atom. The first-order valence-electron chi connectivity index (χ1n) is 12.0. The van der Waals surface area contributed by atoms with Crippen molar-refractivity contribution in [2.75, 3.05) is 36.4 Å². The fourth-order valence-electron chi connectivity index (χ4n) is 4.44. The number of hydrogen-bond acceptors (Lipinski definition) is 9. The molecule has 0 spiro atoms. The first kappa shape index (κ1) is 23.0. The minimum atomic E-state index is -0.152. The molecule has 5 aromatic rings. The van der Waals surface area contributed by atoms with E-state index in [9.17, 15) is 15.5 Å². The zero-order chi connectivity index (χ0) is 26.1. The Kier molecular flexibility index (Phi) is 5.78. The molecule has 5 heterocycles. The summed E-state index contributed by atoms with van der Waals surface area (Å²) in [5.74, 6) is 0.869. The predicted molar refractivity (Wildman–Crippen MR) is 140 cm³/mol. The topological polar surface area (TPSA) is 154 Å². The number of anilines is 3. The van der Waals surface area contributed by atoms with Gasteiger partial charge in [-0.2, -0.15) is 14.9 Å². The van der Waals surface area contributed by atoms with E-state index in [0.717, 1.165) is 5.69 Å². The average Bonchev–Trinajstić information content (AvgIpc) is 3.51. The lowest BCUT2D eigenvalue weighted by molar-refractivity contribution is 0.425. The van der Waals surface area contributed by atoms with Crippen LogP contribution >= 0.6 is 0 Å². The van der Waals surface area contributed by atoms with Crippen LogP contribution in [0.3, 0.4) is 0 Å². The summed E-state index contributed by atoms with van der Waals surface area (Å²) in [6.45, 7) is 2.55. The van der Waals surface area contributed by atoms with Gasteiger partial charge >= 0.3 is 11.6 Å². The molecular formula is C26H23N10O2+. The van der Waals surface area contributed by atoms with Crippen molar-refractivity contribution in [1.29, 1.82) is 5.26 Å². The Labute approximate surface area is 216 Å². The monoisotopic (exact) mass is 507 g/mol. The molecule has 0 bridgehead atoms. The maximum atomic E-state index is 10.1. The number of aromatic amines is 1. The molecule has 1 saturated heterocycles. The van der Waals surface area contributed by atoms with Gasteiger partial charge in [-0.3, -0.25) is 9.56 Å². The van der Waals surface area contributed by atoms with Crippen LogP contribution in [0.2, 0.25) is 0 Å². The smallest absolute Gasteiger partial charge is 0.434 e. The van der Waals surface area contributed by atoms with Crippen molar-refractivity contribution < 1.29 is 10.2 Å². The molecule has 4 N–H and O–H groups in total. The number of rotatable bonds is 4. The summed E-state index contributed by atoms with van der Waals surface area (Å²) in [6.07, 6.45) is 5.02. The maximum Gasteiger partial charge on any atom is 0.434 e. The predicted octanol–water partition coefficient (Wildman–Crippen LogP) is 0.714. The zero-order valence-corrected chi connectivity index (χ0v) is 20.2. The standard InChI is InChI=1S/C26H22N10O2/c27-15-17-5-4-8-28-22(17)34-9-11-35(12-10-34)25-32-23-19(13-18-14-21(37)31-24(18)38)16-29-36(23)26(33-25)30-20-6-2-1-3-7-20/h1-8,13-14,16H,9-12H2,(H3,29,30,31,32,33,37,38)/p+1. The molecule has 38 heavy (non-hydrogen) atoms. The second-order valence-corrected chi connectivity index (χ2v) is 8.74. The molecule has 0 amide bonds. The molecule has 0 unspecified atom stereocenters. The van der Waals surface area contributed by atoms with Gasteiger partial charge in [0.1, 0.15) is 11.9 Å². The molecule has 0 aliphatic carbocycles. The van der Waals surface area contributed by atoms with E-state index in [1.54, 1.807) is 35.1 Å². The number of aromatic hydroxyl groups is 2. The third kappa shape index (κ3) is 4.33. The van der Waals surface area contributed by atoms with Gasteiger partial charge in [-0.05, 0) is 40.3 Å². The van der Waals surface area contributed by atoms with E-state index in [1.807, 2.05) is 30.3 Å². The first-order chi connectivity index (χ1) is 18.6. The maximum absolute atomic E-state index is 10.1. The van der Waals surface area contributed by atoms with Crippen molar-refractivity contribution in [3.63, 3.8) is 0 Å². The summed E-state index contributed by atoms with van der Waals surface area (Å²) in [5.41, 5.74) is 2.86. The molecule has 188 valence electrons. The highest BCUT2D eigenvalue weighted by Crippen LogP contribution is 2.22. The number of para-hydroxylation sites is 1. The van der Waals surface area contributed by atoms with Crippen LogP contribution in [0.1, 0.15) is 11.1 Å². The molecular weight excluding hydrogens is 484 g/mol. The fourth-order valence-corrected chi connectivity index (χ4v) is 4.44. The minimum Gasteiger partial charge on any atom is -0.494 e. The summed E-state index contributed by atoms with van der Waals surface area (Å²) < 4.78 is 3.69. The quantitative estimate of drug-likeness (QED) is 0.258. The highest BCUT2D eigenvalue weighted by atomic mass is 16.3. The number of nitrogens with one attached hydrogen (secondary N) is 2. The Morgan fingerprint density at radius 1 is 1.08 bits per heavy atom. The van der Waals surface area contributed by atoms with Gasteiger partial charge in [0.15, 0.2) is 11.8 Å². The number of nitrogens with zero attached hydrogens (tertiary/aromatic N) is 8. The van der Waals surface area contributed by atoms with Gasteiger partial charge in [-0.25, -0.2) is 4.98 Å². The Morgan fingerprint density at radius 2 is 1.89 bits per heavy atom. The lowest BCUT2D eigenvalue weighted by Crippen LogP contribution is -2.50. The van der Waals surface area contributed by atoms with Gasteiger partial charge < -0.3 is 20.4 Å². The van der Waals surface area contributed by atoms with E-state index in [1.165, 1.54) is 6.07 Å². The number of aromatic nitrogens is 6. The molecule has 0 saturated carbocycles. The number of pyridine rings is 1. The highest BCUT2D eigenvalue weighted by Gasteiger charge is 2.23. The molecule has 0 atom stereocenters. The van der Waals surface area contributed by atoms with Crippen molar-refractivity contribution in [2.45, 2.75) is 0 Å². The molecule has 1 aliphatic rings. The van der Waals surface area contributed by atoms with Gasteiger partial charge in [-0.15, -0.1) is 0 Å². The Bertz CT molecular complexity index is 1790. The van der Waals surface area contributed by atoms with Gasteiger partial charge in [-0.1, -0.05) is 18.2 Å². The first-order valence-corrected chi connectivity index (χ1v) is 12.0. The van der Waals surface area contributed by atoms with E-state index >= 15 is 0 Å². The lowest BCUT2D eigenvalue weighted by atomic mass is 10.2. The fraction of sp³-hybridized carbons (Fsp3) is 0.154. The summed E-state index contributed by atoms with van der Waals surface area (Å²) >= 11 is 0. The summed E-state index contributed by atoms with van der Waals surface area (Å²) in [5, 5.41) is 37.7. The molecule has 1 aromatic carbocycles. The van der Waals surface area contributed by atoms with Crippen molar-refractivity contribution in [2.24, 2.45) is 0 Å². The van der Waals surface area contributed by atoms with Gasteiger partial charge in [0, 0.05) is 23.5 Å². The van der Waals surface area contributed by atoms with E-state index in [4.69, 9.17) is 9.97 Å². The zero-order valence-electron chi connectivity index (χ0n) is 20.2. The van der Waals surface area contributed by atoms with Crippen LogP contribution in [0.15, 0.2) is 60.9 Å². The van der Waals surface area contributed by atoms with Crippen LogP contribution in [0.4, 0.5) is 17.5 Å². The summed E-state index contributed by atoms with van der Waals surface area (Å²) in [7, 11) is 0. The third-order valence-electron chi connectivity index (χ3n) is 6.31. The number of piperazine rings is 1. The van der Waals surface area contributed by atoms with Gasteiger partial charge in [0.05, 0.1) is 43.2 Å². The lowest BCUT2D eigenvalue weighted by Gasteiger charge is -2.28. The third-order valence-corrected chi connectivity index (χ3v) is 6.31. The molecule has 0 radical (unpaired) electrons. The molecule has 12 heteroatoms. The van der Waals surface area contributed by atoms with Crippen LogP contribution < -0.4 is 25.6 Å². The second-order valence-electron chi connectivity index (χ2n) is 8.74. The van der Waals surface area contributed by atoms with Crippen molar-refractivity contribution >= 4 is 29.2 Å². The highest BCUT2D eigenvalue weighted by molar-refractivity contribution is 5.63. The Hall–Kier alpha value is -5.44. The number of nitriles is 1. The SMILES string of the molecule is N#Cc1cccnc1N1CC[N+](=c2nc(Nc3ccccc3)n3ncc(=Cc4cc(O)[nH]c4O)c3n2)CC1. The average molecular weight is 508 g/mol. The van der Waals surface area contributed by atoms with Crippen molar-refractivity contribution in [3.05, 3.63) is 82.9 Å². The van der Waals surface area contributed by atoms with Crippen LogP contribution in [0.25, 0.3) is 11.7 Å². The van der Waals surface area contributed by atoms with E-state index in [2.05, 4.69) is 35.9 Å². The van der Waals surface area contributed by atoms with Gasteiger partial charge in [0.2, 0.25) is 5.65 Å². The van der Waals surface area contributed by atoms with E-state index in [0.29, 0.717) is 65.6 Å². The normalized spacial score (nSPS) is 14.1. The van der Waals surface area contributed by atoms with E-state index < -0.39 is 0 Å². The van der Waals surface area contributed by atoms with Crippen LogP contribution in [0, 0.1) is 11.3 Å². The van der Waals surface area contributed by atoms with Crippen molar-refractivity contribution in [1.82, 2.24) is 34.1 Å². The van der Waals surface area contributed by atoms with Crippen LogP contribution in [-0.4, -0.2) is 65.9 Å². The van der Waals surface area contributed by atoms with Crippen LogP contribution in [-0.2, 0) is 0 Å². The number of H-pyrrole nitrogens is 1. The molecule has 1 aliphatic heterocycles. The molecule has 12 nitrogen and oxygen atoms in total. The minimum absolute atomic E-state index is 0.141. The largest absolute Gasteiger partial charge is 0.494 e. The van der Waals surface area contributed by atoms with Crippen molar-refractivity contribution in [3.8, 4) is 17.8 Å². The molecule has 1 fully saturated rings. The summed E-state index contributed by atoms with van der Waals surface area (Å²) in [4.78, 5) is 18.6. The van der Waals surface area contributed by atoms with E-state index in [-0.39, 0.29) is 11.8 Å². The van der Waals surface area contributed by atoms with Crippen LogP contribution in [0.5, 0.6) is 11.8 Å². The van der Waals surface area contributed by atoms with Gasteiger partial charge in [0.25, 0.3) is 0 Å². The summed E-state index contributed by atoms with van der Waals surface area (Å²) in [6, 6.07) is 16.8. The number of hydrogen-bond donors (Lipinski definition) is 4.